The summed E-state index contributed by atoms with van der Waals surface area (Å²) in [6.45, 7) is 3.28. The number of alkyl halides is 3. The second-order valence-electron chi connectivity index (χ2n) is 5.26. The van der Waals surface area contributed by atoms with Gasteiger partial charge < -0.3 is 10.2 Å². The Hall–Kier alpha value is -1.07. The molecular formula is C14H19F3N2. The molecule has 2 nitrogen and oxygen atoms in total. The standard InChI is InChI=1S/C14H19F3N2/c1-10-7-12(9-19(10)2)18-8-11-5-3-4-6-13(11)14(15,16)17/h3-6,10,12,18H,7-9H2,1-2H3. The van der Waals surface area contributed by atoms with Gasteiger partial charge in [-0.2, -0.15) is 13.2 Å². The average Bonchev–Trinajstić information content (AvgIpc) is 2.65. The lowest BCUT2D eigenvalue weighted by Crippen LogP contribution is -2.31. The number of rotatable bonds is 3. The van der Waals surface area contributed by atoms with E-state index in [1.807, 2.05) is 7.05 Å². The van der Waals surface area contributed by atoms with Gasteiger partial charge in [0.2, 0.25) is 0 Å². The van der Waals surface area contributed by atoms with Crippen LogP contribution < -0.4 is 5.32 Å². The van der Waals surface area contributed by atoms with E-state index in [-0.39, 0.29) is 12.6 Å². The zero-order chi connectivity index (χ0) is 14.0. The van der Waals surface area contributed by atoms with Crippen LogP contribution in [0.2, 0.25) is 0 Å². The summed E-state index contributed by atoms with van der Waals surface area (Å²) in [6, 6.07) is 6.50. The molecule has 0 spiro atoms. The Morgan fingerprint density at radius 3 is 2.58 bits per heavy atom. The maximum atomic E-state index is 12.8. The summed E-state index contributed by atoms with van der Waals surface area (Å²) < 4.78 is 38.5. The van der Waals surface area contributed by atoms with Gasteiger partial charge in [0.05, 0.1) is 5.56 Å². The Labute approximate surface area is 111 Å². The van der Waals surface area contributed by atoms with Gasteiger partial charge in [-0.3, -0.25) is 0 Å². The van der Waals surface area contributed by atoms with Gasteiger partial charge in [0, 0.05) is 25.2 Å². The van der Waals surface area contributed by atoms with Gasteiger partial charge in [-0.15, -0.1) is 0 Å². The zero-order valence-corrected chi connectivity index (χ0v) is 11.2. The number of hydrogen-bond acceptors (Lipinski definition) is 2. The molecule has 1 heterocycles. The number of likely N-dealkylation sites (N-methyl/N-ethyl adjacent to an activating group) is 1. The summed E-state index contributed by atoms with van der Waals surface area (Å²) >= 11 is 0. The third-order valence-corrected chi connectivity index (χ3v) is 3.79. The lowest BCUT2D eigenvalue weighted by Gasteiger charge is -2.16. The highest BCUT2D eigenvalue weighted by Gasteiger charge is 2.33. The van der Waals surface area contributed by atoms with Gasteiger partial charge in [0.1, 0.15) is 0 Å². The van der Waals surface area contributed by atoms with E-state index >= 15 is 0 Å². The minimum atomic E-state index is -4.28. The molecule has 1 aromatic rings. The predicted octanol–water partition coefficient (Wildman–Crippen LogP) is 2.89. The summed E-state index contributed by atoms with van der Waals surface area (Å²) in [4.78, 5) is 2.22. The van der Waals surface area contributed by atoms with Crippen molar-refractivity contribution in [2.75, 3.05) is 13.6 Å². The van der Waals surface area contributed by atoms with Crippen LogP contribution in [0.3, 0.4) is 0 Å². The van der Waals surface area contributed by atoms with Crippen LogP contribution in [0.15, 0.2) is 24.3 Å². The molecule has 1 N–H and O–H groups in total. The first-order chi connectivity index (χ1) is 8.88. The lowest BCUT2D eigenvalue weighted by molar-refractivity contribution is -0.138. The topological polar surface area (TPSA) is 15.3 Å². The van der Waals surface area contributed by atoms with E-state index in [1.54, 1.807) is 6.07 Å². The lowest BCUT2D eigenvalue weighted by atomic mass is 10.1. The van der Waals surface area contributed by atoms with Gasteiger partial charge in [-0.05, 0) is 32.0 Å². The largest absolute Gasteiger partial charge is 0.416 e. The monoisotopic (exact) mass is 272 g/mol. The van der Waals surface area contributed by atoms with Crippen molar-refractivity contribution in [3.8, 4) is 0 Å². The number of likely N-dealkylation sites (tertiary alicyclic amines) is 1. The molecule has 0 aromatic heterocycles. The van der Waals surface area contributed by atoms with E-state index in [0.717, 1.165) is 19.0 Å². The molecule has 2 rings (SSSR count). The van der Waals surface area contributed by atoms with Crippen molar-refractivity contribution in [1.82, 2.24) is 10.2 Å². The molecule has 106 valence electrons. The summed E-state index contributed by atoms with van der Waals surface area (Å²) in [6.07, 6.45) is -3.30. The Kier molecular flexibility index (Phi) is 4.16. The quantitative estimate of drug-likeness (QED) is 0.910. The van der Waals surface area contributed by atoms with E-state index in [2.05, 4.69) is 17.1 Å². The molecule has 0 bridgehead atoms. The van der Waals surface area contributed by atoms with Crippen LogP contribution in [-0.4, -0.2) is 30.6 Å². The first-order valence-corrected chi connectivity index (χ1v) is 6.46. The molecule has 2 atom stereocenters. The van der Waals surface area contributed by atoms with E-state index in [4.69, 9.17) is 0 Å². The molecule has 0 radical (unpaired) electrons. The number of hydrogen-bond donors (Lipinski definition) is 1. The van der Waals surface area contributed by atoms with Gasteiger partial charge in [0.25, 0.3) is 0 Å². The molecule has 0 aliphatic carbocycles. The Balaban J connectivity index is 2.01. The maximum Gasteiger partial charge on any atom is 0.416 e. The van der Waals surface area contributed by atoms with Crippen LogP contribution >= 0.6 is 0 Å². The van der Waals surface area contributed by atoms with Crippen LogP contribution in [0, 0.1) is 0 Å². The van der Waals surface area contributed by atoms with Crippen LogP contribution in [0.1, 0.15) is 24.5 Å². The van der Waals surface area contributed by atoms with Crippen molar-refractivity contribution >= 4 is 0 Å². The van der Waals surface area contributed by atoms with E-state index in [0.29, 0.717) is 11.6 Å². The fourth-order valence-corrected chi connectivity index (χ4v) is 2.55. The number of benzene rings is 1. The minimum Gasteiger partial charge on any atom is -0.309 e. The van der Waals surface area contributed by atoms with Crippen LogP contribution in [0.25, 0.3) is 0 Å². The molecule has 0 saturated carbocycles. The fourth-order valence-electron chi connectivity index (χ4n) is 2.55. The fraction of sp³-hybridized carbons (Fsp3) is 0.571. The summed E-state index contributed by atoms with van der Waals surface area (Å²) in [7, 11) is 2.04. The summed E-state index contributed by atoms with van der Waals surface area (Å²) in [5.74, 6) is 0. The third kappa shape index (κ3) is 3.48. The third-order valence-electron chi connectivity index (χ3n) is 3.79. The van der Waals surface area contributed by atoms with E-state index in [1.165, 1.54) is 12.1 Å². The van der Waals surface area contributed by atoms with Crippen LogP contribution in [0.5, 0.6) is 0 Å². The van der Waals surface area contributed by atoms with E-state index < -0.39 is 11.7 Å². The second kappa shape index (κ2) is 5.51. The normalized spacial score (nSPS) is 24.9. The Bertz CT molecular complexity index is 421. The van der Waals surface area contributed by atoms with Crippen molar-refractivity contribution in [2.24, 2.45) is 0 Å². The Morgan fingerprint density at radius 2 is 2.00 bits per heavy atom. The predicted molar refractivity (Wildman–Crippen MR) is 68.8 cm³/mol. The van der Waals surface area contributed by atoms with Gasteiger partial charge in [0.15, 0.2) is 0 Å². The van der Waals surface area contributed by atoms with Gasteiger partial charge in [-0.1, -0.05) is 18.2 Å². The zero-order valence-electron chi connectivity index (χ0n) is 11.2. The maximum absolute atomic E-state index is 12.8. The first kappa shape index (κ1) is 14.3. The molecule has 0 amide bonds. The Morgan fingerprint density at radius 1 is 1.32 bits per heavy atom. The van der Waals surface area contributed by atoms with Crippen LogP contribution in [-0.2, 0) is 12.7 Å². The number of nitrogens with zero attached hydrogens (tertiary/aromatic N) is 1. The van der Waals surface area contributed by atoms with Crippen molar-refractivity contribution in [3.05, 3.63) is 35.4 Å². The molecule has 1 fully saturated rings. The molecule has 1 aliphatic heterocycles. The SMILES string of the molecule is CC1CC(NCc2ccccc2C(F)(F)F)CN1C. The average molecular weight is 272 g/mol. The number of nitrogens with one attached hydrogen (secondary N) is 1. The molecule has 1 aromatic carbocycles. The van der Waals surface area contributed by atoms with Crippen molar-refractivity contribution in [1.29, 1.82) is 0 Å². The molecular weight excluding hydrogens is 253 g/mol. The van der Waals surface area contributed by atoms with Crippen molar-refractivity contribution in [2.45, 2.75) is 38.1 Å². The molecule has 5 heteroatoms. The highest BCUT2D eigenvalue weighted by atomic mass is 19.4. The molecule has 19 heavy (non-hydrogen) atoms. The summed E-state index contributed by atoms with van der Waals surface area (Å²) in [5.41, 5.74) is -0.223. The van der Waals surface area contributed by atoms with Crippen molar-refractivity contribution in [3.63, 3.8) is 0 Å². The van der Waals surface area contributed by atoms with Crippen LogP contribution in [0.4, 0.5) is 13.2 Å². The molecule has 2 unspecified atom stereocenters. The van der Waals surface area contributed by atoms with E-state index in [9.17, 15) is 13.2 Å². The van der Waals surface area contributed by atoms with Gasteiger partial charge in [-0.25, -0.2) is 0 Å². The summed E-state index contributed by atoms with van der Waals surface area (Å²) in [5, 5.41) is 3.23. The first-order valence-electron chi connectivity index (χ1n) is 6.46. The highest BCUT2D eigenvalue weighted by molar-refractivity contribution is 5.29. The van der Waals surface area contributed by atoms with Gasteiger partial charge >= 0.3 is 6.18 Å². The van der Waals surface area contributed by atoms with Crippen molar-refractivity contribution < 1.29 is 13.2 Å². The highest BCUT2D eigenvalue weighted by Crippen LogP contribution is 2.31. The molecule has 1 saturated heterocycles. The number of halogens is 3. The second-order valence-corrected chi connectivity index (χ2v) is 5.26. The molecule has 1 aliphatic rings. The smallest absolute Gasteiger partial charge is 0.309 e. The minimum absolute atomic E-state index is 0.265.